The number of fused-ring (bicyclic) bond motifs is 2. The standard InChI is InChI=1S/C29H29N3O/c1-29(2)23-17-9-10-19-25(23)33-26-22(16-11-18-24(26)29)28(31)32(21-14-7-4-8-15-21)27(30)20-12-5-3-6-13-20/h3-19,27-28H,30-31H2,1-2H3. The van der Waals surface area contributed by atoms with Crippen LogP contribution in [0.4, 0.5) is 5.69 Å². The van der Waals surface area contributed by atoms with E-state index in [1.807, 2.05) is 78.9 Å². The Hall–Kier alpha value is -3.60. The Morgan fingerprint density at radius 3 is 2.00 bits per heavy atom. The number of benzene rings is 4. The van der Waals surface area contributed by atoms with Crippen LogP contribution in [0.25, 0.3) is 0 Å². The van der Waals surface area contributed by atoms with Crippen LogP contribution in [0.15, 0.2) is 103 Å². The van der Waals surface area contributed by atoms with Gasteiger partial charge in [-0.1, -0.05) is 98.8 Å². The average molecular weight is 436 g/mol. The summed E-state index contributed by atoms with van der Waals surface area (Å²) in [6, 6.07) is 34.6. The minimum atomic E-state index is -0.515. The molecule has 0 aromatic heterocycles. The minimum absolute atomic E-state index is 0.209. The second kappa shape index (κ2) is 8.39. The van der Waals surface area contributed by atoms with E-state index in [-0.39, 0.29) is 5.41 Å². The molecule has 1 heterocycles. The molecule has 4 nitrogen and oxygen atoms in total. The first-order chi connectivity index (χ1) is 16.0. The molecule has 4 aromatic rings. The van der Waals surface area contributed by atoms with Crippen molar-refractivity contribution in [1.82, 2.24) is 0 Å². The summed E-state index contributed by atoms with van der Waals surface area (Å²) >= 11 is 0. The Labute approximate surface area is 195 Å². The Balaban J connectivity index is 1.63. The number of nitrogens with two attached hydrogens (primary N) is 2. The van der Waals surface area contributed by atoms with Gasteiger partial charge in [-0.2, -0.15) is 0 Å². The lowest BCUT2D eigenvalue weighted by molar-refractivity contribution is 0.405. The summed E-state index contributed by atoms with van der Waals surface area (Å²) in [6.07, 6.45) is -0.943. The summed E-state index contributed by atoms with van der Waals surface area (Å²) in [5.74, 6) is 1.68. The van der Waals surface area contributed by atoms with Crippen LogP contribution in [0.3, 0.4) is 0 Å². The van der Waals surface area contributed by atoms with Gasteiger partial charge in [-0.3, -0.25) is 0 Å². The van der Waals surface area contributed by atoms with Crippen LogP contribution in [0.2, 0.25) is 0 Å². The van der Waals surface area contributed by atoms with Gasteiger partial charge in [0.2, 0.25) is 0 Å². The zero-order valence-corrected chi connectivity index (χ0v) is 19.0. The van der Waals surface area contributed by atoms with Crippen molar-refractivity contribution >= 4 is 5.69 Å². The van der Waals surface area contributed by atoms with Crippen molar-refractivity contribution in [3.05, 3.63) is 125 Å². The van der Waals surface area contributed by atoms with E-state index in [0.717, 1.165) is 33.9 Å². The third-order valence-corrected chi connectivity index (χ3v) is 6.60. The van der Waals surface area contributed by atoms with Crippen LogP contribution in [0.1, 0.15) is 48.4 Å². The van der Waals surface area contributed by atoms with Gasteiger partial charge in [-0.05, 0) is 23.8 Å². The first-order valence-electron chi connectivity index (χ1n) is 11.3. The van der Waals surface area contributed by atoms with Gasteiger partial charge >= 0.3 is 0 Å². The molecule has 5 rings (SSSR count). The van der Waals surface area contributed by atoms with Gasteiger partial charge in [0.05, 0.1) is 0 Å². The van der Waals surface area contributed by atoms with E-state index in [2.05, 4.69) is 43.0 Å². The molecule has 0 fully saturated rings. The second-order valence-electron chi connectivity index (χ2n) is 8.99. The van der Waals surface area contributed by atoms with Crippen LogP contribution in [0, 0.1) is 0 Å². The predicted molar refractivity (Wildman–Crippen MR) is 134 cm³/mol. The fraction of sp³-hybridized carbons (Fsp3) is 0.172. The SMILES string of the molecule is CC1(C)c2ccccc2Oc2c(C(N)N(c3ccccc3)C(N)c3ccccc3)cccc21. The normalized spacial score (nSPS) is 15.5. The number of ether oxygens (including phenoxy) is 1. The van der Waals surface area contributed by atoms with Crippen molar-refractivity contribution in [3.63, 3.8) is 0 Å². The fourth-order valence-electron chi connectivity index (χ4n) is 4.78. The monoisotopic (exact) mass is 435 g/mol. The van der Waals surface area contributed by atoms with Gasteiger partial charge in [0.1, 0.15) is 23.8 Å². The first kappa shape index (κ1) is 21.3. The zero-order chi connectivity index (χ0) is 23.0. The average Bonchev–Trinajstić information content (AvgIpc) is 2.85. The topological polar surface area (TPSA) is 64.5 Å². The highest BCUT2D eigenvalue weighted by Crippen LogP contribution is 2.50. The van der Waals surface area contributed by atoms with Crippen molar-refractivity contribution < 1.29 is 4.74 Å². The third kappa shape index (κ3) is 3.67. The lowest BCUT2D eigenvalue weighted by Gasteiger charge is -2.40. The molecule has 2 unspecified atom stereocenters. The quantitative estimate of drug-likeness (QED) is 0.364. The van der Waals surface area contributed by atoms with Crippen LogP contribution < -0.4 is 21.1 Å². The molecule has 1 aliphatic rings. The van der Waals surface area contributed by atoms with Crippen LogP contribution in [-0.4, -0.2) is 0 Å². The molecule has 0 amide bonds. The Morgan fingerprint density at radius 1 is 0.667 bits per heavy atom. The van der Waals surface area contributed by atoms with Crippen molar-refractivity contribution in [2.24, 2.45) is 11.5 Å². The van der Waals surface area contributed by atoms with Gasteiger partial charge < -0.3 is 21.1 Å². The molecule has 0 spiro atoms. The Morgan fingerprint density at radius 2 is 1.27 bits per heavy atom. The molecular weight excluding hydrogens is 406 g/mol. The molecule has 0 saturated heterocycles. The number of rotatable bonds is 5. The first-order valence-corrected chi connectivity index (χ1v) is 11.3. The van der Waals surface area contributed by atoms with E-state index < -0.39 is 12.3 Å². The van der Waals surface area contributed by atoms with Crippen molar-refractivity contribution in [3.8, 4) is 11.5 Å². The van der Waals surface area contributed by atoms with E-state index in [9.17, 15) is 0 Å². The van der Waals surface area contributed by atoms with E-state index >= 15 is 0 Å². The molecular formula is C29H29N3O. The predicted octanol–water partition coefficient (Wildman–Crippen LogP) is 6.24. The Bertz CT molecular complexity index is 1250. The highest BCUT2D eigenvalue weighted by molar-refractivity contribution is 5.61. The minimum Gasteiger partial charge on any atom is -0.456 e. The summed E-state index contributed by atoms with van der Waals surface area (Å²) in [5, 5.41) is 0. The van der Waals surface area contributed by atoms with Crippen LogP contribution >= 0.6 is 0 Å². The molecule has 1 aliphatic heterocycles. The molecule has 0 aliphatic carbocycles. The molecule has 33 heavy (non-hydrogen) atoms. The summed E-state index contributed by atoms with van der Waals surface area (Å²) in [7, 11) is 0. The lowest BCUT2D eigenvalue weighted by atomic mass is 9.75. The number of hydrogen-bond donors (Lipinski definition) is 2. The molecule has 4 aromatic carbocycles. The molecule has 0 bridgehead atoms. The molecule has 2 atom stereocenters. The highest BCUT2D eigenvalue weighted by atomic mass is 16.5. The van der Waals surface area contributed by atoms with Crippen LogP contribution in [-0.2, 0) is 5.41 Å². The maximum absolute atomic E-state index is 7.01. The summed E-state index contributed by atoms with van der Waals surface area (Å²) < 4.78 is 6.49. The third-order valence-electron chi connectivity index (χ3n) is 6.60. The fourth-order valence-corrected chi connectivity index (χ4v) is 4.78. The van der Waals surface area contributed by atoms with Gasteiger partial charge in [0, 0.05) is 27.8 Å². The highest BCUT2D eigenvalue weighted by Gasteiger charge is 2.37. The van der Waals surface area contributed by atoms with Gasteiger partial charge in [-0.25, -0.2) is 0 Å². The van der Waals surface area contributed by atoms with Gasteiger partial charge in [0.25, 0.3) is 0 Å². The Kier molecular flexibility index (Phi) is 5.41. The molecule has 0 saturated carbocycles. The smallest absolute Gasteiger partial charge is 0.138 e. The lowest BCUT2D eigenvalue weighted by Crippen LogP contribution is -2.42. The number of para-hydroxylation sites is 3. The van der Waals surface area contributed by atoms with E-state index in [0.29, 0.717) is 0 Å². The van der Waals surface area contributed by atoms with Gasteiger partial charge in [-0.15, -0.1) is 0 Å². The molecule has 4 N–H and O–H groups in total. The summed E-state index contributed by atoms with van der Waals surface area (Å²) in [5.41, 5.74) is 18.8. The van der Waals surface area contributed by atoms with Crippen LogP contribution in [0.5, 0.6) is 11.5 Å². The molecule has 4 heteroatoms. The zero-order valence-electron chi connectivity index (χ0n) is 19.0. The van der Waals surface area contributed by atoms with Gasteiger partial charge in [0.15, 0.2) is 0 Å². The van der Waals surface area contributed by atoms with Crippen molar-refractivity contribution in [2.75, 3.05) is 4.90 Å². The number of anilines is 1. The molecule has 166 valence electrons. The summed E-state index contributed by atoms with van der Waals surface area (Å²) in [6.45, 7) is 4.46. The van der Waals surface area contributed by atoms with Crippen molar-refractivity contribution in [2.45, 2.75) is 31.6 Å². The largest absolute Gasteiger partial charge is 0.456 e. The number of hydrogen-bond acceptors (Lipinski definition) is 4. The second-order valence-corrected chi connectivity index (χ2v) is 8.99. The summed E-state index contributed by atoms with van der Waals surface area (Å²) in [4.78, 5) is 2.06. The molecule has 0 radical (unpaired) electrons. The van der Waals surface area contributed by atoms with E-state index in [1.165, 1.54) is 5.56 Å². The maximum Gasteiger partial charge on any atom is 0.138 e. The number of nitrogens with zero attached hydrogens (tertiary/aromatic N) is 1. The maximum atomic E-state index is 7.01. The van der Waals surface area contributed by atoms with E-state index in [4.69, 9.17) is 16.2 Å². The van der Waals surface area contributed by atoms with Crippen molar-refractivity contribution in [1.29, 1.82) is 0 Å². The van der Waals surface area contributed by atoms with E-state index in [1.54, 1.807) is 0 Å².